The van der Waals surface area contributed by atoms with Gasteiger partial charge in [-0.2, -0.15) is 13.2 Å². The van der Waals surface area contributed by atoms with E-state index in [9.17, 15) is 21.6 Å². The fourth-order valence-electron chi connectivity index (χ4n) is 2.76. The number of thiocarbonyl (C=S) groups is 1. The smallest absolute Gasteiger partial charge is 0.356 e. The fraction of sp³-hybridized carbons (Fsp3) is 0.417. The van der Waals surface area contributed by atoms with Crippen LogP contribution in [0.1, 0.15) is 5.56 Å². The molecular formula is C12H10ClF3N2O2S2. The molecule has 0 spiro atoms. The molecule has 1 N–H and O–H groups in total. The highest BCUT2D eigenvalue weighted by molar-refractivity contribution is 7.91. The normalized spacial score (nSPS) is 26.9. The second-order valence-corrected chi connectivity index (χ2v) is 8.18. The Hall–Kier alpha value is -1.06. The Morgan fingerprint density at radius 1 is 1.32 bits per heavy atom. The Labute approximate surface area is 135 Å². The van der Waals surface area contributed by atoms with Gasteiger partial charge in [-0.1, -0.05) is 11.6 Å². The number of sulfone groups is 1. The lowest BCUT2D eigenvalue weighted by Crippen LogP contribution is -2.37. The third-order valence-corrected chi connectivity index (χ3v) is 6.07. The van der Waals surface area contributed by atoms with Crippen molar-refractivity contribution < 1.29 is 21.6 Å². The minimum atomic E-state index is -4.52. The highest BCUT2D eigenvalue weighted by Crippen LogP contribution is 2.38. The molecule has 2 atom stereocenters. The van der Waals surface area contributed by atoms with Gasteiger partial charge in [0.1, 0.15) is 0 Å². The first-order chi connectivity index (χ1) is 10.1. The van der Waals surface area contributed by atoms with E-state index >= 15 is 0 Å². The first kappa shape index (κ1) is 15.8. The van der Waals surface area contributed by atoms with Crippen molar-refractivity contribution in [2.75, 3.05) is 16.4 Å². The SMILES string of the molecule is O=S1(=O)C[C@@H]2NC(=S)N(c3cc(C(F)(F)F)ccc3Cl)[C@H]2C1. The quantitative estimate of drug-likeness (QED) is 0.768. The molecule has 1 aromatic carbocycles. The summed E-state index contributed by atoms with van der Waals surface area (Å²) in [7, 11) is -3.25. The fourth-order valence-corrected chi connectivity index (χ4v) is 5.25. The summed E-state index contributed by atoms with van der Waals surface area (Å²) in [5, 5.41) is 3.12. The number of nitrogens with zero attached hydrogens (tertiary/aromatic N) is 1. The molecule has 2 heterocycles. The molecule has 2 aliphatic rings. The Morgan fingerprint density at radius 3 is 2.64 bits per heavy atom. The van der Waals surface area contributed by atoms with E-state index in [0.29, 0.717) is 0 Å². The number of rotatable bonds is 1. The van der Waals surface area contributed by atoms with Crippen LogP contribution in [0.3, 0.4) is 0 Å². The van der Waals surface area contributed by atoms with Crippen LogP contribution in [-0.4, -0.2) is 37.1 Å². The Balaban J connectivity index is 2.05. The molecule has 2 saturated heterocycles. The summed E-state index contributed by atoms with van der Waals surface area (Å²) in [6, 6.07) is 1.94. The van der Waals surface area contributed by atoms with Crippen LogP contribution in [0, 0.1) is 0 Å². The lowest BCUT2D eigenvalue weighted by atomic mass is 10.1. The van der Waals surface area contributed by atoms with Gasteiger partial charge in [-0.3, -0.25) is 0 Å². The molecule has 0 aromatic heterocycles. The summed E-state index contributed by atoms with van der Waals surface area (Å²) in [6.45, 7) is 0. The lowest BCUT2D eigenvalue weighted by Gasteiger charge is -2.25. The van der Waals surface area contributed by atoms with Crippen molar-refractivity contribution in [3.63, 3.8) is 0 Å². The number of alkyl halides is 3. The van der Waals surface area contributed by atoms with E-state index in [0.717, 1.165) is 18.2 Å². The highest BCUT2D eigenvalue weighted by Gasteiger charge is 2.48. The summed E-state index contributed by atoms with van der Waals surface area (Å²) in [6.07, 6.45) is -4.52. The van der Waals surface area contributed by atoms with Gasteiger partial charge < -0.3 is 10.2 Å². The number of halogens is 4. The number of nitrogens with one attached hydrogen (secondary N) is 1. The maximum absolute atomic E-state index is 12.9. The predicted molar refractivity (Wildman–Crippen MR) is 80.9 cm³/mol. The van der Waals surface area contributed by atoms with Crippen LogP contribution in [0.15, 0.2) is 18.2 Å². The molecule has 1 aromatic rings. The zero-order valence-electron chi connectivity index (χ0n) is 10.9. The topological polar surface area (TPSA) is 49.4 Å². The van der Waals surface area contributed by atoms with Crippen molar-refractivity contribution >= 4 is 44.5 Å². The Kier molecular flexibility index (Phi) is 3.57. The van der Waals surface area contributed by atoms with E-state index in [2.05, 4.69) is 5.32 Å². The van der Waals surface area contributed by atoms with Gasteiger partial charge in [0, 0.05) is 0 Å². The van der Waals surface area contributed by atoms with E-state index in [4.69, 9.17) is 23.8 Å². The molecule has 0 unspecified atom stereocenters. The Bertz CT molecular complexity index is 751. The van der Waals surface area contributed by atoms with Crippen molar-refractivity contribution in [3.05, 3.63) is 28.8 Å². The van der Waals surface area contributed by atoms with Crippen molar-refractivity contribution in [3.8, 4) is 0 Å². The second kappa shape index (κ2) is 4.97. The summed E-state index contributed by atoms with van der Waals surface area (Å²) in [4.78, 5) is 1.38. The van der Waals surface area contributed by atoms with Gasteiger partial charge in [0.2, 0.25) is 0 Å². The van der Waals surface area contributed by atoms with Crippen LogP contribution in [0.2, 0.25) is 5.02 Å². The highest BCUT2D eigenvalue weighted by atomic mass is 35.5. The van der Waals surface area contributed by atoms with Gasteiger partial charge in [-0.25, -0.2) is 8.42 Å². The third kappa shape index (κ3) is 2.65. The van der Waals surface area contributed by atoms with E-state index < -0.39 is 33.7 Å². The third-order valence-electron chi connectivity index (χ3n) is 3.71. The van der Waals surface area contributed by atoms with Crippen molar-refractivity contribution in [2.24, 2.45) is 0 Å². The minimum Gasteiger partial charge on any atom is -0.356 e. The molecule has 0 amide bonds. The maximum atomic E-state index is 12.9. The molecule has 22 heavy (non-hydrogen) atoms. The number of benzene rings is 1. The monoisotopic (exact) mass is 370 g/mol. The molecule has 4 nitrogen and oxygen atoms in total. The van der Waals surface area contributed by atoms with Gasteiger partial charge in [0.05, 0.1) is 39.9 Å². The standard InChI is InChI=1S/C12H10ClF3N2O2S2/c13-7-2-1-6(12(14,15)16)3-9(7)18-10-5-22(19,20)4-8(10)17-11(18)21/h1-3,8,10H,4-5H2,(H,17,21)/t8-,10-/m0/s1. The van der Waals surface area contributed by atoms with Crippen molar-refractivity contribution in [2.45, 2.75) is 18.3 Å². The van der Waals surface area contributed by atoms with Crippen LogP contribution < -0.4 is 10.2 Å². The van der Waals surface area contributed by atoms with Crippen LogP contribution in [0.5, 0.6) is 0 Å². The summed E-state index contributed by atoms with van der Waals surface area (Å²) in [5.74, 6) is -0.262. The van der Waals surface area contributed by atoms with Crippen LogP contribution >= 0.6 is 23.8 Å². The average molecular weight is 371 g/mol. The van der Waals surface area contributed by atoms with Gasteiger partial charge in [-0.05, 0) is 30.4 Å². The molecule has 0 saturated carbocycles. The largest absolute Gasteiger partial charge is 0.416 e. The van der Waals surface area contributed by atoms with E-state index in [-0.39, 0.29) is 27.3 Å². The van der Waals surface area contributed by atoms with E-state index in [1.54, 1.807) is 0 Å². The molecule has 0 radical (unpaired) electrons. The van der Waals surface area contributed by atoms with Crippen molar-refractivity contribution in [1.82, 2.24) is 5.32 Å². The number of hydrogen-bond acceptors (Lipinski definition) is 3. The summed E-state index contributed by atoms with van der Waals surface area (Å²) < 4.78 is 62.0. The molecule has 10 heteroatoms. The zero-order chi connectivity index (χ0) is 16.3. The van der Waals surface area contributed by atoms with Gasteiger partial charge in [0.25, 0.3) is 0 Å². The molecule has 0 bridgehead atoms. The number of anilines is 1. The van der Waals surface area contributed by atoms with Crippen LogP contribution in [0.25, 0.3) is 0 Å². The number of fused-ring (bicyclic) bond motifs is 1. The lowest BCUT2D eigenvalue weighted by molar-refractivity contribution is -0.137. The minimum absolute atomic E-state index is 0.0681. The molecule has 120 valence electrons. The molecule has 2 fully saturated rings. The van der Waals surface area contributed by atoms with Crippen LogP contribution in [0.4, 0.5) is 18.9 Å². The van der Waals surface area contributed by atoms with E-state index in [1.807, 2.05) is 0 Å². The van der Waals surface area contributed by atoms with Gasteiger partial charge in [-0.15, -0.1) is 0 Å². The number of hydrogen-bond donors (Lipinski definition) is 1. The average Bonchev–Trinajstić information content (AvgIpc) is 2.79. The first-order valence-corrected chi connectivity index (χ1v) is 8.86. The van der Waals surface area contributed by atoms with Crippen LogP contribution in [-0.2, 0) is 16.0 Å². The van der Waals surface area contributed by atoms with Gasteiger partial charge >= 0.3 is 6.18 Å². The zero-order valence-corrected chi connectivity index (χ0v) is 13.3. The van der Waals surface area contributed by atoms with E-state index in [1.165, 1.54) is 4.90 Å². The van der Waals surface area contributed by atoms with Gasteiger partial charge in [0.15, 0.2) is 14.9 Å². The first-order valence-electron chi connectivity index (χ1n) is 6.25. The van der Waals surface area contributed by atoms with Crippen molar-refractivity contribution in [1.29, 1.82) is 0 Å². The maximum Gasteiger partial charge on any atom is 0.416 e. The summed E-state index contributed by atoms with van der Waals surface area (Å²) in [5.41, 5.74) is -0.794. The summed E-state index contributed by atoms with van der Waals surface area (Å²) >= 11 is 11.1. The molecule has 0 aliphatic carbocycles. The Morgan fingerprint density at radius 2 is 2.00 bits per heavy atom. The molecule has 3 rings (SSSR count). The predicted octanol–water partition coefficient (Wildman–Crippen LogP) is 2.22. The second-order valence-electron chi connectivity index (χ2n) is 5.23. The molecular weight excluding hydrogens is 361 g/mol. The molecule has 2 aliphatic heterocycles.